The molecule has 3 N–H and O–H groups in total. The Morgan fingerprint density at radius 1 is 1.37 bits per heavy atom. The maximum Gasteiger partial charge on any atom is 0.318 e. The second kappa shape index (κ2) is 5.36. The quantitative estimate of drug-likeness (QED) is 0.673. The number of carboxylic acids is 1. The van der Waals surface area contributed by atoms with E-state index in [1.54, 1.807) is 0 Å². The zero-order valence-electron chi connectivity index (χ0n) is 10.3. The molecule has 0 aliphatic carbocycles. The summed E-state index contributed by atoms with van der Waals surface area (Å²) in [6, 6.07) is 0. The van der Waals surface area contributed by atoms with Crippen LogP contribution in [0.2, 0.25) is 0 Å². The molecule has 1 aromatic heterocycles. The van der Waals surface area contributed by atoms with Crippen molar-refractivity contribution in [2.45, 2.75) is 18.7 Å². The van der Waals surface area contributed by atoms with E-state index in [0.29, 0.717) is 4.31 Å². The van der Waals surface area contributed by atoms with Crippen molar-refractivity contribution in [3.8, 4) is 0 Å². The Hall–Kier alpha value is -1.94. The first-order chi connectivity index (χ1) is 8.66. The summed E-state index contributed by atoms with van der Waals surface area (Å²) in [7, 11) is -4.21. The fourth-order valence-corrected chi connectivity index (χ4v) is 3.17. The van der Waals surface area contributed by atoms with E-state index in [-0.39, 0.29) is 16.3 Å². The first-order valence-electron chi connectivity index (χ1n) is 5.09. The van der Waals surface area contributed by atoms with Gasteiger partial charge in [-0.3, -0.25) is 9.59 Å². The number of sulfonamides is 1. The Labute approximate surface area is 109 Å². The van der Waals surface area contributed by atoms with E-state index in [1.165, 1.54) is 13.8 Å². The Morgan fingerprint density at radius 2 is 1.95 bits per heavy atom. The van der Waals surface area contributed by atoms with Crippen molar-refractivity contribution in [3.05, 3.63) is 11.5 Å². The van der Waals surface area contributed by atoms with Gasteiger partial charge in [0, 0.05) is 0 Å². The predicted molar refractivity (Wildman–Crippen MR) is 61.6 cm³/mol. The van der Waals surface area contributed by atoms with Crippen molar-refractivity contribution < 1.29 is 27.6 Å². The molecular weight excluding hydrogens is 278 g/mol. The first-order valence-corrected chi connectivity index (χ1v) is 6.53. The number of rotatable bonds is 6. The van der Waals surface area contributed by atoms with Crippen LogP contribution < -0.4 is 5.73 Å². The van der Waals surface area contributed by atoms with E-state index in [1.807, 2.05) is 0 Å². The van der Waals surface area contributed by atoms with E-state index in [2.05, 4.69) is 5.16 Å². The molecule has 1 rings (SSSR count). The number of hydrogen-bond acceptors (Lipinski definition) is 6. The molecule has 0 aliphatic rings. The summed E-state index contributed by atoms with van der Waals surface area (Å²) in [5.74, 6) is -2.36. The van der Waals surface area contributed by atoms with Gasteiger partial charge >= 0.3 is 5.97 Å². The minimum atomic E-state index is -4.21. The molecule has 0 radical (unpaired) electrons. The summed E-state index contributed by atoms with van der Waals surface area (Å²) in [5.41, 5.74) is 5.00. The van der Waals surface area contributed by atoms with Crippen molar-refractivity contribution in [2.24, 2.45) is 5.73 Å². The summed E-state index contributed by atoms with van der Waals surface area (Å²) in [6.45, 7) is 1.15. The van der Waals surface area contributed by atoms with Gasteiger partial charge in [0.15, 0.2) is 5.76 Å². The van der Waals surface area contributed by atoms with Gasteiger partial charge in [-0.1, -0.05) is 5.16 Å². The average molecular weight is 291 g/mol. The molecule has 106 valence electrons. The lowest BCUT2D eigenvalue weighted by atomic mass is 10.4. The van der Waals surface area contributed by atoms with Crippen molar-refractivity contribution in [1.82, 2.24) is 9.46 Å². The second-order valence-corrected chi connectivity index (χ2v) is 5.66. The Bertz CT molecular complexity index is 570. The molecule has 0 bridgehead atoms. The van der Waals surface area contributed by atoms with Gasteiger partial charge in [0.25, 0.3) is 0 Å². The molecule has 0 saturated carbocycles. The van der Waals surface area contributed by atoms with E-state index < -0.39 is 35.0 Å². The van der Waals surface area contributed by atoms with Crippen LogP contribution in [0, 0.1) is 13.8 Å². The number of hydrogen-bond donors (Lipinski definition) is 2. The van der Waals surface area contributed by atoms with Crippen LogP contribution in [0.4, 0.5) is 0 Å². The molecule has 0 fully saturated rings. The van der Waals surface area contributed by atoms with E-state index in [0.717, 1.165) is 0 Å². The van der Waals surface area contributed by atoms with E-state index in [4.69, 9.17) is 15.4 Å². The molecule has 0 aromatic carbocycles. The minimum Gasteiger partial charge on any atom is -0.480 e. The minimum absolute atomic E-state index is 0.0114. The van der Waals surface area contributed by atoms with Gasteiger partial charge in [-0.25, -0.2) is 8.42 Å². The number of nitrogens with zero attached hydrogens (tertiary/aromatic N) is 2. The number of aromatic nitrogens is 1. The van der Waals surface area contributed by atoms with Crippen molar-refractivity contribution >= 4 is 21.9 Å². The molecule has 1 heterocycles. The van der Waals surface area contributed by atoms with Crippen LogP contribution in [0.25, 0.3) is 0 Å². The zero-order chi connectivity index (χ0) is 14.8. The molecule has 0 saturated heterocycles. The van der Waals surface area contributed by atoms with Crippen LogP contribution in [0.3, 0.4) is 0 Å². The number of carboxylic acid groups (broad SMARTS) is 1. The molecule has 10 heteroatoms. The third-order valence-corrected chi connectivity index (χ3v) is 4.25. The van der Waals surface area contributed by atoms with Crippen LogP contribution >= 0.6 is 0 Å². The summed E-state index contributed by atoms with van der Waals surface area (Å²) in [6.07, 6.45) is 0. The number of nitrogens with two attached hydrogens (primary N) is 1. The molecule has 9 nitrogen and oxygen atoms in total. The lowest BCUT2D eigenvalue weighted by molar-refractivity contribution is -0.137. The van der Waals surface area contributed by atoms with Gasteiger partial charge in [-0.2, -0.15) is 4.31 Å². The molecule has 1 amide bonds. The van der Waals surface area contributed by atoms with Crippen LogP contribution in [-0.2, 0) is 19.6 Å². The Kier molecular flexibility index (Phi) is 4.27. The van der Waals surface area contributed by atoms with Crippen LogP contribution in [-0.4, -0.2) is 48.0 Å². The normalized spacial score (nSPS) is 11.7. The monoisotopic (exact) mass is 291 g/mol. The fraction of sp³-hybridized carbons (Fsp3) is 0.444. The van der Waals surface area contributed by atoms with Gasteiger partial charge in [-0.15, -0.1) is 0 Å². The largest absolute Gasteiger partial charge is 0.480 e. The number of carbonyl (C=O) groups is 2. The van der Waals surface area contributed by atoms with Gasteiger partial charge in [0.05, 0.1) is 6.54 Å². The molecule has 0 aliphatic heterocycles. The summed E-state index contributed by atoms with van der Waals surface area (Å²) in [4.78, 5) is 21.3. The summed E-state index contributed by atoms with van der Waals surface area (Å²) in [5, 5.41) is 12.2. The van der Waals surface area contributed by atoms with Gasteiger partial charge < -0.3 is 15.4 Å². The molecule has 0 spiro atoms. The topological polar surface area (TPSA) is 144 Å². The van der Waals surface area contributed by atoms with E-state index in [9.17, 15) is 18.0 Å². The second-order valence-electron chi connectivity index (χ2n) is 3.79. The lowest BCUT2D eigenvalue weighted by Crippen LogP contribution is -2.41. The maximum absolute atomic E-state index is 12.3. The van der Waals surface area contributed by atoms with Crippen molar-refractivity contribution in [2.75, 3.05) is 13.1 Å². The summed E-state index contributed by atoms with van der Waals surface area (Å²) >= 11 is 0. The Balaban J connectivity index is 3.27. The Morgan fingerprint density at radius 3 is 2.32 bits per heavy atom. The highest BCUT2D eigenvalue weighted by atomic mass is 32.2. The molecule has 0 unspecified atom stereocenters. The van der Waals surface area contributed by atoms with Crippen molar-refractivity contribution in [3.63, 3.8) is 0 Å². The van der Waals surface area contributed by atoms with Gasteiger partial charge in [0.1, 0.15) is 17.1 Å². The molecular formula is C9H13N3O6S. The zero-order valence-corrected chi connectivity index (χ0v) is 11.1. The molecule has 0 atom stereocenters. The van der Waals surface area contributed by atoms with Crippen LogP contribution in [0.5, 0.6) is 0 Å². The first kappa shape index (κ1) is 15.1. The summed E-state index contributed by atoms with van der Waals surface area (Å²) < 4.78 is 29.7. The standard InChI is InChI=1S/C9H13N3O6S/c1-5-9(6(2)18-11-5)19(16,17)12(3-7(10)13)4-8(14)15/h3-4H2,1-2H3,(H2,10,13)(H,14,15). The highest BCUT2D eigenvalue weighted by Crippen LogP contribution is 2.22. The number of aliphatic carboxylic acids is 1. The number of amides is 1. The number of aryl methyl sites for hydroxylation is 2. The van der Waals surface area contributed by atoms with Gasteiger partial charge in [-0.05, 0) is 13.8 Å². The maximum atomic E-state index is 12.3. The van der Waals surface area contributed by atoms with Crippen molar-refractivity contribution in [1.29, 1.82) is 0 Å². The highest BCUT2D eigenvalue weighted by Gasteiger charge is 2.33. The molecule has 19 heavy (non-hydrogen) atoms. The fourth-order valence-electron chi connectivity index (χ4n) is 1.52. The average Bonchev–Trinajstić information content (AvgIpc) is 2.56. The molecule has 1 aromatic rings. The SMILES string of the molecule is Cc1noc(C)c1S(=O)(=O)N(CC(N)=O)CC(=O)O. The third kappa shape index (κ3) is 3.29. The van der Waals surface area contributed by atoms with E-state index >= 15 is 0 Å². The van der Waals surface area contributed by atoms with Gasteiger partial charge in [0.2, 0.25) is 15.9 Å². The third-order valence-electron chi connectivity index (χ3n) is 2.21. The smallest absolute Gasteiger partial charge is 0.318 e. The van der Waals surface area contributed by atoms with Crippen LogP contribution in [0.1, 0.15) is 11.5 Å². The predicted octanol–water partition coefficient (Wildman–Crippen LogP) is -1.15. The lowest BCUT2D eigenvalue weighted by Gasteiger charge is -2.18. The number of primary amides is 1. The highest BCUT2D eigenvalue weighted by molar-refractivity contribution is 7.89. The van der Waals surface area contributed by atoms with Crippen LogP contribution in [0.15, 0.2) is 9.42 Å². The number of carbonyl (C=O) groups excluding carboxylic acids is 1.